The van der Waals surface area contributed by atoms with Crippen LogP contribution in [0.25, 0.3) is 10.4 Å². The fraction of sp³-hybridized carbons (Fsp3) is 0.375. The number of nitrogens with zero attached hydrogens (tertiary/aromatic N) is 3. The van der Waals surface area contributed by atoms with E-state index in [9.17, 15) is 4.79 Å². The van der Waals surface area contributed by atoms with Gasteiger partial charge in [-0.15, -0.1) is 0 Å². The monoisotopic (exact) mass is 436 g/mol. The molecule has 3 aromatic rings. The molecule has 162 valence electrons. The van der Waals surface area contributed by atoms with Gasteiger partial charge in [-0.25, -0.2) is 9.78 Å². The molecule has 7 heteroatoms. The molecule has 0 unspecified atom stereocenters. The van der Waals surface area contributed by atoms with Gasteiger partial charge in [0.1, 0.15) is 5.60 Å². The van der Waals surface area contributed by atoms with E-state index in [1.165, 1.54) is 5.56 Å². The van der Waals surface area contributed by atoms with E-state index in [-0.39, 0.29) is 6.09 Å². The van der Waals surface area contributed by atoms with E-state index in [4.69, 9.17) is 4.74 Å². The maximum atomic E-state index is 12.3. The van der Waals surface area contributed by atoms with Crippen LogP contribution in [0.2, 0.25) is 0 Å². The number of ether oxygens (including phenoxy) is 1. The summed E-state index contributed by atoms with van der Waals surface area (Å²) in [5, 5.41) is 4.27. The molecule has 4 rings (SSSR count). The molecule has 1 N–H and O–H groups in total. The van der Waals surface area contributed by atoms with E-state index in [0.29, 0.717) is 19.0 Å². The third-order valence-electron chi connectivity index (χ3n) is 5.16. The summed E-state index contributed by atoms with van der Waals surface area (Å²) in [5.41, 5.74) is 2.73. The molecule has 3 heterocycles. The maximum Gasteiger partial charge on any atom is 0.410 e. The van der Waals surface area contributed by atoms with Gasteiger partial charge in [0.05, 0.1) is 4.88 Å². The van der Waals surface area contributed by atoms with Crippen LogP contribution in [0.15, 0.2) is 54.9 Å². The molecular weight excluding hydrogens is 408 g/mol. The number of pyridine rings is 1. The second kappa shape index (κ2) is 9.06. The quantitative estimate of drug-likeness (QED) is 0.538. The first kappa shape index (κ1) is 21.3. The topological polar surface area (TPSA) is 67.3 Å². The van der Waals surface area contributed by atoms with Crippen LogP contribution >= 0.6 is 11.3 Å². The zero-order valence-corrected chi connectivity index (χ0v) is 19.0. The lowest BCUT2D eigenvalue weighted by Gasteiger charge is -2.33. The molecular formula is C24H28N4O2S. The van der Waals surface area contributed by atoms with Crippen LogP contribution in [0.5, 0.6) is 0 Å². The number of anilines is 2. The average Bonchev–Trinajstić information content (AvgIpc) is 3.22. The Kier molecular flexibility index (Phi) is 6.23. The minimum absolute atomic E-state index is 0.229. The number of carbonyl (C=O) groups is 1. The number of rotatable bonds is 4. The van der Waals surface area contributed by atoms with Crippen molar-refractivity contribution in [1.82, 2.24) is 14.9 Å². The van der Waals surface area contributed by atoms with Gasteiger partial charge in [-0.05, 0) is 51.3 Å². The summed E-state index contributed by atoms with van der Waals surface area (Å²) in [5.74, 6) is 0.330. The molecule has 0 saturated carbocycles. The van der Waals surface area contributed by atoms with E-state index < -0.39 is 5.60 Å². The fourth-order valence-electron chi connectivity index (χ4n) is 3.62. The number of carbonyl (C=O) groups excluding carboxylic acids is 1. The number of hydrogen-bond acceptors (Lipinski definition) is 6. The Morgan fingerprint density at radius 2 is 1.87 bits per heavy atom. The summed E-state index contributed by atoms with van der Waals surface area (Å²) in [6, 6.07) is 14.3. The van der Waals surface area contributed by atoms with Crippen LogP contribution in [0.1, 0.15) is 45.2 Å². The van der Waals surface area contributed by atoms with Gasteiger partial charge in [0.25, 0.3) is 0 Å². The Bertz CT molecular complexity index is 1020. The van der Waals surface area contributed by atoms with Crippen molar-refractivity contribution in [3.63, 3.8) is 0 Å². The number of thiazole rings is 1. The molecule has 1 fully saturated rings. The highest BCUT2D eigenvalue weighted by atomic mass is 32.1. The minimum atomic E-state index is -0.467. The standard InChI is InChI=1S/C24H28N4O2S/c1-24(2,3)30-23(29)28-13-10-17(11-14-28)20-15-19(9-12-25-20)27-22-26-16-21(31-22)18-7-5-4-6-8-18/h4-9,12,15-17H,10-11,13-14H2,1-3H3,(H,25,26,27). The number of likely N-dealkylation sites (tertiary alicyclic amines) is 1. The van der Waals surface area contributed by atoms with Gasteiger partial charge in [-0.2, -0.15) is 0 Å². The first-order valence-corrected chi connectivity index (χ1v) is 11.4. The fourth-order valence-corrected chi connectivity index (χ4v) is 4.47. The van der Waals surface area contributed by atoms with Crippen LogP contribution in [0.3, 0.4) is 0 Å². The molecule has 1 aliphatic rings. The predicted octanol–water partition coefficient (Wildman–Crippen LogP) is 6.06. The van der Waals surface area contributed by atoms with Crippen LogP contribution in [-0.2, 0) is 4.74 Å². The number of piperidine rings is 1. The second-order valence-electron chi connectivity index (χ2n) is 8.73. The lowest BCUT2D eigenvalue weighted by Crippen LogP contribution is -2.41. The Morgan fingerprint density at radius 1 is 1.13 bits per heavy atom. The Morgan fingerprint density at radius 3 is 2.58 bits per heavy atom. The molecule has 1 amide bonds. The van der Waals surface area contributed by atoms with Crippen LogP contribution in [0.4, 0.5) is 15.6 Å². The van der Waals surface area contributed by atoms with Crippen molar-refractivity contribution in [3.05, 3.63) is 60.6 Å². The summed E-state index contributed by atoms with van der Waals surface area (Å²) in [7, 11) is 0. The highest BCUT2D eigenvalue weighted by molar-refractivity contribution is 7.18. The molecule has 0 spiro atoms. The molecule has 0 radical (unpaired) electrons. The van der Waals surface area contributed by atoms with Gasteiger partial charge in [0.2, 0.25) is 0 Å². The Balaban J connectivity index is 1.37. The van der Waals surface area contributed by atoms with Crippen LogP contribution in [-0.4, -0.2) is 39.7 Å². The first-order valence-electron chi connectivity index (χ1n) is 10.6. The molecule has 1 saturated heterocycles. The molecule has 0 bridgehead atoms. The largest absolute Gasteiger partial charge is 0.444 e. The zero-order valence-electron chi connectivity index (χ0n) is 18.2. The molecule has 0 aliphatic carbocycles. The summed E-state index contributed by atoms with van der Waals surface area (Å²) in [6.07, 6.45) is 5.27. The molecule has 0 atom stereocenters. The van der Waals surface area contributed by atoms with E-state index in [0.717, 1.165) is 34.2 Å². The number of amides is 1. The number of hydrogen-bond donors (Lipinski definition) is 1. The van der Waals surface area contributed by atoms with E-state index >= 15 is 0 Å². The van der Waals surface area contributed by atoms with Crippen molar-refractivity contribution < 1.29 is 9.53 Å². The van der Waals surface area contributed by atoms with Gasteiger partial charge in [0, 0.05) is 42.8 Å². The smallest absolute Gasteiger partial charge is 0.410 e. The van der Waals surface area contributed by atoms with Crippen molar-refractivity contribution in [2.75, 3.05) is 18.4 Å². The van der Waals surface area contributed by atoms with Gasteiger partial charge < -0.3 is 15.0 Å². The van der Waals surface area contributed by atoms with Crippen LogP contribution in [0, 0.1) is 0 Å². The highest BCUT2D eigenvalue weighted by Crippen LogP contribution is 2.32. The molecule has 2 aromatic heterocycles. The van der Waals surface area contributed by atoms with E-state index in [1.807, 2.05) is 57.4 Å². The van der Waals surface area contributed by atoms with Gasteiger partial charge in [0.15, 0.2) is 5.13 Å². The van der Waals surface area contributed by atoms with Crippen molar-refractivity contribution in [2.45, 2.75) is 45.1 Å². The van der Waals surface area contributed by atoms with Crippen molar-refractivity contribution >= 4 is 28.2 Å². The van der Waals surface area contributed by atoms with Gasteiger partial charge in [-0.3, -0.25) is 4.98 Å². The molecule has 31 heavy (non-hydrogen) atoms. The predicted molar refractivity (Wildman–Crippen MR) is 125 cm³/mol. The summed E-state index contributed by atoms with van der Waals surface area (Å²) >= 11 is 1.63. The SMILES string of the molecule is CC(C)(C)OC(=O)N1CCC(c2cc(Nc3ncc(-c4ccccc4)s3)ccn2)CC1. The van der Waals surface area contributed by atoms with Gasteiger partial charge >= 0.3 is 6.09 Å². The summed E-state index contributed by atoms with van der Waals surface area (Å²) in [4.78, 5) is 24.3. The first-order chi connectivity index (χ1) is 14.9. The zero-order chi connectivity index (χ0) is 21.8. The summed E-state index contributed by atoms with van der Waals surface area (Å²) in [6.45, 7) is 7.06. The lowest BCUT2D eigenvalue weighted by molar-refractivity contribution is 0.0204. The highest BCUT2D eigenvalue weighted by Gasteiger charge is 2.28. The van der Waals surface area contributed by atoms with Crippen molar-refractivity contribution in [1.29, 1.82) is 0 Å². The number of benzene rings is 1. The number of aromatic nitrogens is 2. The minimum Gasteiger partial charge on any atom is -0.444 e. The Hall–Kier alpha value is -2.93. The molecule has 1 aromatic carbocycles. The van der Waals surface area contributed by atoms with Gasteiger partial charge in [-0.1, -0.05) is 41.7 Å². The van der Waals surface area contributed by atoms with Crippen molar-refractivity contribution in [2.24, 2.45) is 0 Å². The van der Waals surface area contributed by atoms with E-state index in [1.54, 1.807) is 16.2 Å². The van der Waals surface area contributed by atoms with Crippen molar-refractivity contribution in [3.8, 4) is 10.4 Å². The van der Waals surface area contributed by atoms with Crippen LogP contribution < -0.4 is 5.32 Å². The summed E-state index contributed by atoms with van der Waals surface area (Å²) < 4.78 is 5.49. The molecule has 6 nitrogen and oxygen atoms in total. The third-order valence-corrected chi connectivity index (χ3v) is 6.12. The maximum absolute atomic E-state index is 12.3. The lowest BCUT2D eigenvalue weighted by atomic mass is 9.93. The normalized spacial score (nSPS) is 15.0. The second-order valence-corrected chi connectivity index (χ2v) is 9.76. The number of nitrogens with one attached hydrogen (secondary N) is 1. The third kappa shape index (κ3) is 5.61. The average molecular weight is 437 g/mol. The Labute approximate surface area is 187 Å². The van der Waals surface area contributed by atoms with E-state index in [2.05, 4.69) is 33.5 Å². The molecule has 1 aliphatic heterocycles.